The highest BCUT2D eigenvalue weighted by atomic mass is 19.1. The van der Waals surface area contributed by atoms with Crippen LogP contribution in [0, 0.1) is 5.82 Å². The number of halogens is 1. The SMILES string of the molecule is O=C(NCc1ccncc1O[C@H]1CCNC1)c1ncc2c(F)cccn12. The molecule has 0 saturated carbocycles. The van der Waals surface area contributed by atoms with Crippen LogP contribution in [-0.4, -0.2) is 39.5 Å². The highest BCUT2D eigenvalue weighted by Gasteiger charge is 2.19. The molecule has 3 aromatic rings. The average Bonchev–Trinajstić information content (AvgIpc) is 3.31. The fraction of sp³-hybridized carbons (Fsp3) is 0.278. The summed E-state index contributed by atoms with van der Waals surface area (Å²) in [6.07, 6.45) is 7.30. The number of ether oxygens (including phenoxy) is 1. The molecule has 0 aromatic carbocycles. The van der Waals surface area contributed by atoms with Gasteiger partial charge in [0.2, 0.25) is 5.82 Å². The van der Waals surface area contributed by atoms with Gasteiger partial charge in [-0.15, -0.1) is 0 Å². The van der Waals surface area contributed by atoms with Crippen LogP contribution < -0.4 is 15.4 Å². The van der Waals surface area contributed by atoms with Crippen LogP contribution in [0.25, 0.3) is 5.52 Å². The first-order chi connectivity index (χ1) is 12.7. The Balaban J connectivity index is 1.48. The molecule has 26 heavy (non-hydrogen) atoms. The second-order valence-electron chi connectivity index (χ2n) is 6.09. The van der Waals surface area contributed by atoms with Crippen molar-refractivity contribution in [3.63, 3.8) is 0 Å². The molecule has 4 heterocycles. The van der Waals surface area contributed by atoms with E-state index in [4.69, 9.17) is 4.74 Å². The van der Waals surface area contributed by atoms with Gasteiger partial charge in [0.05, 0.1) is 12.4 Å². The molecule has 1 saturated heterocycles. The monoisotopic (exact) mass is 355 g/mol. The van der Waals surface area contributed by atoms with Gasteiger partial charge in [0.1, 0.15) is 23.2 Å². The minimum atomic E-state index is -0.422. The third kappa shape index (κ3) is 3.23. The van der Waals surface area contributed by atoms with Gasteiger partial charge in [-0.2, -0.15) is 0 Å². The van der Waals surface area contributed by atoms with Crippen LogP contribution >= 0.6 is 0 Å². The normalized spacial score (nSPS) is 16.7. The van der Waals surface area contributed by atoms with Crippen LogP contribution in [0.4, 0.5) is 4.39 Å². The molecule has 1 atom stereocenters. The smallest absolute Gasteiger partial charge is 0.287 e. The van der Waals surface area contributed by atoms with Crippen LogP contribution in [0.1, 0.15) is 22.6 Å². The van der Waals surface area contributed by atoms with Gasteiger partial charge < -0.3 is 15.4 Å². The molecule has 4 rings (SSSR count). The third-order valence-corrected chi connectivity index (χ3v) is 4.34. The molecule has 1 amide bonds. The lowest BCUT2D eigenvalue weighted by Crippen LogP contribution is -2.26. The number of fused-ring (bicyclic) bond motifs is 1. The molecule has 0 bridgehead atoms. The van der Waals surface area contributed by atoms with E-state index in [2.05, 4.69) is 20.6 Å². The molecule has 8 heteroatoms. The van der Waals surface area contributed by atoms with E-state index in [1.165, 1.54) is 22.7 Å². The van der Waals surface area contributed by atoms with Crippen LogP contribution in [0.15, 0.2) is 43.0 Å². The molecule has 0 aliphatic carbocycles. The minimum Gasteiger partial charge on any atom is -0.487 e. The Hall–Kier alpha value is -3.00. The second-order valence-corrected chi connectivity index (χ2v) is 6.09. The topological polar surface area (TPSA) is 80.5 Å². The van der Waals surface area contributed by atoms with Crippen molar-refractivity contribution in [1.29, 1.82) is 0 Å². The molecule has 0 spiro atoms. The number of amides is 1. The number of carbonyl (C=O) groups excluding carboxylic acids is 1. The number of imidazole rings is 1. The van der Waals surface area contributed by atoms with E-state index in [-0.39, 0.29) is 29.9 Å². The summed E-state index contributed by atoms with van der Waals surface area (Å²) in [7, 11) is 0. The number of carbonyl (C=O) groups is 1. The zero-order valence-corrected chi connectivity index (χ0v) is 14.0. The van der Waals surface area contributed by atoms with Gasteiger partial charge in [-0.25, -0.2) is 9.37 Å². The van der Waals surface area contributed by atoms with Crippen LogP contribution in [0.3, 0.4) is 0 Å². The fourth-order valence-electron chi connectivity index (χ4n) is 2.98. The van der Waals surface area contributed by atoms with Crippen molar-refractivity contribution < 1.29 is 13.9 Å². The number of hydrogen-bond donors (Lipinski definition) is 2. The van der Waals surface area contributed by atoms with Crippen molar-refractivity contribution in [2.45, 2.75) is 19.1 Å². The van der Waals surface area contributed by atoms with Crippen LogP contribution in [0.5, 0.6) is 5.75 Å². The maximum atomic E-state index is 13.7. The highest BCUT2D eigenvalue weighted by molar-refractivity contribution is 5.91. The Kier molecular flexibility index (Phi) is 4.49. The van der Waals surface area contributed by atoms with E-state index < -0.39 is 5.82 Å². The molecule has 3 aromatic heterocycles. The molecule has 0 unspecified atom stereocenters. The Morgan fingerprint density at radius 1 is 1.42 bits per heavy atom. The third-order valence-electron chi connectivity index (χ3n) is 4.34. The van der Waals surface area contributed by atoms with Crippen molar-refractivity contribution in [2.75, 3.05) is 13.1 Å². The van der Waals surface area contributed by atoms with Gasteiger partial charge in [-0.1, -0.05) is 0 Å². The van der Waals surface area contributed by atoms with Gasteiger partial charge in [0.15, 0.2) is 0 Å². The average molecular weight is 355 g/mol. The Bertz CT molecular complexity index is 936. The summed E-state index contributed by atoms with van der Waals surface area (Å²) in [5.41, 5.74) is 1.09. The predicted octanol–water partition coefficient (Wildman–Crippen LogP) is 1.54. The Morgan fingerprint density at radius 2 is 2.35 bits per heavy atom. The van der Waals surface area contributed by atoms with Crippen LogP contribution in [-0.2, 0) is 6.54 Å². The van der Waals surface area contributed by atoms with Gasteiger partial charge >= 0.3 is 0 Å². The number of hydrogen-bond acceptors (Lipinski definition) is 5. The fourth-order valence-corrected chi connectivity index (χ4v) is 2.98. The zero-order valence-electron chi connectivity index (χ0n) is 14.0. The molecular formula is C18H18FN5O2. The molecule has 0 radical (unpaired) electrons. The van der Waals surface area contributed by atoms with Crippen molar-refractivity contribution in [1.82, 2.24) is 25.0 Å². The summed E-state index contributed by atoms with van der Waals surface area (Å²) in [6.45, 7) is 1.99. The summed E-state index contributed by atoms with van der Waals surface area (Å²) in [5, 5.41) is 6.06. The van der Waals surface area contributed by atoms with Crippen molar-refractivity contribution in [3.8, 4) is 5.75 Å². The van der Waals surface area contributed by atoms with Gasteiger partial charge in [0, 0.05) is 31.0 Å². The van der Waals surface area contributed by atoms with Gasteiger partial charge in [-0.3, -0.25) is 14.2 Å². The standard InChI is InChI=1S/C18H18FN5O2/c19-14-2-1-7-24-15(14)10-22-17(24)18(25)23-8-12-3-5-21-11-16(12)26-13-4-6-20-9-13/h1-3,5,7,10-11,13,20H,4,6,8-9H2,(H,23,25)/t13-/m0/s1. The van der Waals surface area contributed by atoms with E-state index in [1.54, 1.807) is 24.7 Å². The first kappa shape index (κ1) is 16.5. The molecular weight excluding hydrogens is 337 g/mol. The lowest BCUT2D eigenvalue weighted by Gasteiger charge is -2.15. The van der Waals surface area contributed by atoms with E-state index in [0.717, 1.165) is 25.1 Å². The molecule has 1 fully saturated rings. The summed E-state index contributed by atoms with van der Waals surface area (Å²) in [6, 6.07) is 4.67. The number of aromatic nitrogens is 3. The van der Waals surface area contributed by atoms with E-state index in [0.29, 0.717) is 5.75 Å². The molecule has 134 valence electrons. The first-order valence-electron chi connectivity index (χ1n) is 8.42. The summed E-state index contributed by atoms with van der Waals surface area (Å²) in [4.78, 5) is 20.6. The summed E-state index contributed by atoms with van der Waals surface area (Å²) >= 11 is 0. The van der Waals surface area contributed by atoms with Gasteiger partial charge in [-0.05, 0) is 31.2 Å². The van der Waals surface area contributed by atoms with E-state index >= 15 is 0 Å². The Labute approximate surface area is 149 Å². The lowest BCUT2D eigenvalue weighted by molar-refractivity contribution is 0.0939. The number of rotatable bonds is 5. The van der Waals surface area contributed by atoms with Crippen molar-refractivity contribution in [3.05, 3.63) is 60.2 Å². The molecule has 1 aliphatic rings. The first-order valence-corrected chi connectivity index (χ1v) is 8.42. The van der Waals surface area contributed by atoms with Gasteiger partial charge in [0.25, 0.3) is 5.91 Å². The summed E-state index contributed by atoms with van der Waals surface area (Å²) in [5.74, 6) is -0.0218. The number of nitrogens with zero attached hydrogens (tertiary/aromatic N) is 3. The second kappa shape index (κ2) is 7.09. The largest absolute Gasteiger partial charge is 0.487 e. The van der Waals surface area contributed by atoms with Crippen molar-refractivity contribution >= 4 is 11.4 Å². The Morgan fingerprint density at radius 3 is 3.19 bits per heavy atom. The zero-order chi connectivity index (χ0) is 17.9. The molecule has 7 nitrogen and oxygen atoms in total. The van der Waals surface area contributed by atoms with Crippen LogP contribution in [0.2, 0.25) is 0 Å². The molecule has 2 N–H and O–H groups in total. The predicted molar refractivity (Wildman–Crippen MR) is 92.5 cm³/mol. The minimum absolute atomic E-state index is 0.105. The lowest BCUT2D eigenvalue weighted by atomic mass is 10.2. The number of pyridine rings is 2. The number of nitrogens with one attached hydrogen (secondary N) is 2. The maximum Gasteiger partial charge on any atom is 0.287 e. The highest BCUT2D eigenvalue weighted by Crippen LogP contribution is 2.20. The quantitative estimate of drug-likeness (QED) is 0.726. The van der Waals surface area contributed by atoms with E-state index in [1.807, 2.05) is 0 Å². The summed E-state index contributed by atoms with van der Waals surface area (Å²) < 4.78 is 21.1. The molecule has 1 aliphatic heterocycles. The maximum absolute atomic E-state index is 13.7. The van der Waals surface area contributed by atoms with Crippen molar-refractivity contribution in [2.24, 2.45) is 0 Å². The van der Waals surface area contributed by atoms with E-state index in [9.17, 15) is 9.18 Å².